The van der Waals surface area contributed by atoms with Crippen molar-refractivity contribution in [3.05, 3.63) is 93.3 Å². The highest BCUT2D eigenvalue weighted by Gasteiger charge is 2.26. The van der Waals surface area contributed by atoms with Gasteiger partial charge in [0, 0.05) is 28.3 Å². The average Bonchev–Trinajstić information content (AvgIpc) is 3.59. The van der Waals surface area contributed by atoms with Crippen molar-refractivity contribution in [3.8, 4) is 5.75 Å². The molecule has 0 bridgehead atoms. The second-order valence-corrected chi connectivity index (χ2v) is 9.14. The number of thiazole rings is 1. The number of carbonyl (C=O) groups excluding carboxylic acids is 2. The molecule has 2 aromatic carbocycles. The Kier molecular flexibility index (Phi) is 6.33. The summed E-state index contributed by atoms with van der Waals surface area (Å²) < 4.78 is 10.7. The summed E-state index contributed by atoms with van der Waals surface area (Å²) in [5.74, 6) is 0.462. The number of anilines is 2. The zero-order valence-corrected chi connectivity index (χ0v) is 19.6. The third-order valence-corrected chi connectivity index (χ3v) is 6.51. The molecule has 2 aromatic heterocycles. The molecule has 1 N–H and O–H groups in total. The monoisotopic (exact) mass is 493 g/mol. The number of nitrogens with zero attached hydrogens (tertiary/aromatic N) is 2. The van der Waals surface area contributed by atoms with Crippen LogP contribution in [0, 0.1) is 0 Å². The molecule has 0 unspecified atom stereocenters. The number of fused-ring (bicyclic) bond motifs is 1. The number of amides is 2. The maximum atomic E-state index is 12.7. The van der Waals surface area contributed by atoms with Gasteiger partial charge in [-0.15, -0.1) is 11.3 Å². The Hall–Kier alpha value is -3.62. The van der Waals surface area contributed by atoms with E-state index in [1.807, 2.05) is 23.6 Å². The van der Waals surface area contributed by atoms with Crippen LogP contribution in [0.25, 0.3) is 0 Å². The Bertz CT molecular complexity index is 1320. The molecule has 0 spiro atoms. The minimum Gasteiger partial charge on any atom is -0.486 e. The van der Waals surface area contributed by atoms with Crippen molar-refractivity contribution in [2.75, 3.05) is 16.8 Å². The quantitative estimate of drug-likeness (QED) is 0.375. The van der Waals surface area contributed by atoms with Crippen LogP contribution in [0.4, 0.5) is 11.4 Å². The third kappa shape index (κ3) is 4.98. The van der Waals surface area contributed by atoms with Crippen LogP contribution in [-0.2, 0) is 24.2 Å². The highest BCUT2D eigenvalue weighted by Crippen LogP contribution is 2.32. The van der Waals surface area contributed by atoms with Crippen LogP contribution < -0.4 is 15.0 Å². The Morgan fingerprint density at radius 3 is 2.82 bits per heavy atom. The van der Waals surface area contributed by atoms with Crippen LogP contribution in [-0.4, -0.2) is 23.3 Å². The summed E-state index contributed by atoms with van der Waals surface area (Å²) in [5, 5.41) is 6.23. The lowest BCUT2D eigenvalue weighted by Crippen LogP contribution is -2.28. The second kappa shape index (κ2) is 9.70. The lowest BCUT2D eigenvalue weighted by molar-refractivity contribution is -0.115. The SMILES string of the molecule is O=C(Cc1csc(COc2ccc(Cl)cc2)n1)Nc1ccc2c(c1)CCN2C(=O)c1ccoc1. The number of nitrogens with one attached hydrogen (secondary N) is 1. The van der Waals surface area contributed by atoms with E-state index in [-0.39, 0.29) is 18.2 Å². The first-order chi connectivity index (χ1) is 16.5. The molecular formula is C25H20ClN3O4S. The first-order valence-electron chi connectivity index (χ1n) is 10.6. The van der Waals surface area contributed by atoms with Crippen LogP contribution >= 0.6 is 22.9 Å². The van der Waals surface area contributed by atoms with Gasteiger partial charge in [-0.2, -0.15) is 0 Å². The van der Waals surface area contributed by atoms with Crippen molar-refractivity contribution in [1.29, 1.82) is 0 Å². The molecular weight excluding hydrogens is 474 g/mol. The van der Waals surface area contributed by atoms with Crippen molar-refractivity contribution in [3.63, 3.8) is 0 Å². The Labute approximate surface area is 204 Å². The molecule has 1 aliphatic heterocycles. The van der Waals surface area contributed by atoms with Crippen LogP contribution in [0.5, 0.6) is 5.75 Å². The topological polar surface area (TPSA) is 84.7 Å². The van der Waals surface area contributed by atoms with Crippen molar-refractivity contribution in [2.24, 2.45) is 0 Å². The van der Waals surface area contributed by atoms with Gasteiger partial charge in [0.2, 0.25) is 5.91 Å². The van der Waals surface area contributed by atoms with Crippen LogP contribution in [0.15, 0.2) is 70.9 Å². The van der Waals surface area contributed by atoms with E-state index >= 15 is 0 Å². The van der Waals surface area contributed by atoms with Gasteiger partial charge in [-0.05, 0) is 60.5 Å². The normalized spacial score (nSPS) is 12.4. The highest BCUT2D eigenvalue weighted by atomic mass is 35.5. The van der Waals surface area contributed by atoms with Crippen molar-refractivity contribution in [1.82, 2.24) is 4.98 Å². The van der Waals surface area contributed by atoms with E-state index in [1.54, 1.807) is 35.2 Å². The molecule has 1 aliphatic rings. The summed E-state index contributed by atoms with van der Waals surface area (Å²) in [5.41, 5.74) is 3.78. The molecule has 0 saturated heterocycles. The molecule has 3 heterocycles. The minimum absolute atomic E-state index is 0.0938. The summed E-state index contributed by atoms with van der Waals surface area (Å²) >= 11 is 7.33. The zero-order valence-electron chi connectivity index (χ0n) is 18.0. The molecule has 7 nitrogen and oxygen atoms in total. The van der Waals surface area contributed by atoms with Gasteiger partial charge >= 0.3 is 0 Å². The molecule has 9 heteroatoms. The number of aromatic nitrogens is 1. The first-order valence-corrected chi connectivity index (χ1v) is 11.9. The summed E-state index contributed by atoms with van der Waals surface area (Å²) in [6.45, 7) is 0.920. The van der Waals surface area contributed by atoms with Crippen LogP contribution in [0.3, 0.4) is 0 Å². The van der Waals surface area contributed by atoms with Gasteiger partial charge in [0.05, 0.1) is 23.9 Å². The third-order valence-electron chi connectivity index (χ3n) is 5.39. The number of ether oxygens (including phenoxy) is 1. The average molecular weight is 494 g/mol. The molecule has 172 valence electrons. The number of carbonyl (C=O) groups is 2. The molecule has 4 aromatic rings. The van der Waals surface area contributed by atoms with Gasteiger partial charge in [0.15, 0.2) is 0 Å². The Morgan fingerprint density at radius 2 is 2.03 bits per heavy atom. The highest BCUT2D eigenvalue weighted by molar-refractivity contribution is 7.09. The minimum atomic E-state index is -0.153. The lowest BCUT2D eigenvalue weighted by atomic mass is 10.1. The molecule has 34 heavy (non-hydrogen) atoms. The van der Waals surface area contributed by atoms with E-state index < -0.39 is 0 Å². The van der Waals surface area contributed by atoms with E-state index in [1.165, 1.54) is 23.9 Å². The van der Waals surface area contributed by atoms with E-state index in [9.17, 15) is 9.59 Å². The molecule has 5 rings (SSSR count). The van der Waals surface area contributed by atoms with Gasteiger partial charge < -0.3 is 19.4 Å². The van der Waals surface area contributed by atoms with Gasteiger partial charge in [0.25, 0.3) is 5.91 Å². The first kappa shape index (κ1) is 22.2. The molecule has 0 fully saturated rings. The fraction of sp³-hybridized carbons (Fsp3) is 0.160. The van der Waals surface area contributed by atoms with Crippen LogP contribution in [0.2, 0.25) is 5.02 Å². The number of furan rings is 1. The zero-order chi connectivity index (χ0) is 23.5. The van der Waals surface area contributed by atoms with Crippen molar-refractivity contribution < 1.29 is 18.7 Å². The predicted octanol–water partition coefficient (Wildman–Crippen LogP) is 5.35. The molecule has 0 aliphatic carbocycles. The van der Waals surface area contributed by atoms with Gasteiger partial charge in [-0.1, -0.05) is 11.6 Å². The summed E-state index contributed by atoms with van der Waals surface area (Å²) in [7, 11) is 0. The number of hydrogen-bond acceptors (Lipinski definition) is 6. The van der Waals surface area contributed by atoms with Crippen molar-refractivity contribution >= 4 is 46.1 Å². The van der Waals surface area contributed by atoms with E-state index in [0.717, 1.165) is 22.7 Å². The lowest BCUT2D eigenvalue weighted by Gasteiger charge is -2.16. The Balaban J connectivity index is 1.16. The maximum Gasteiger partial charge on any atom is 0.261 e. The van der Waals surface area contributed by atoms with E-state index in [0.29, 0.717) is 40.9 Å². The predicted molar refractivity (Wildman–Crippen MR) is 131 cm³/mol. The molecule has 0 saturated carbocycles. The largest absolute Gasteiger partial charge is 0.486 e. The summed E-state index contributed by atoms with van der Waals surface area (Å²) in [4.78, 5) is 31.4. The number of hydrogen-bond donors (Lipinski definition) is 1. The summed E-state index contributed by atoms with van der Waals surface area (Å²) in [6, 6.07) is 14.4. The fourth-order valence-corrected chi connectivity index (χ4v) is 4.61. The maximum absolute atomic E-state index is 12.7. The number of halogens is 1. The standard InChI is InChI=1S/C25H20ClN3O4S/c26-18-1-4-21(5-2-18)33-14-24-28-20(15-34-24)12-23(30)27-19-3-6-22-16(11-19)7-9-29(22)25(31)17-8-10-32-13-17/h1-6,8,10-11,13,15H,7,9,12,14H2,(H,27,30). The summed E-state index contributed by atoms with van der Waals surface area (Å²) in [6.07, 6.45) is 3.83. The molecule has 0 atom stereocenters. The smallest absolute Gasteiger partial charge is 0.261 e. The Morgan fingerprint density at radius 1 is 1.18 bits per heavy atom. The van der Waals surface area contributed by atoms with E-state index in [2.05, 4.69) is 10.3 Å². The fourth-order valence-electron chi connectivity index (χ4n) is 3.77. The molecule has 2 amide bonds. The van der Waals surface area contributed by atoms with Gasteiger partial charge in [-0.25, -0.2) is 4.98 Å². The number of benzene rings is 2. The van der Waals surface area contributed by atoms with Crippen LogP contribution in [0.1, 0.15) is 26.6 Å². The van der Waals surface area contributed by atoms with E-state index in [4.69, 9.17) is 20.8 Å². The number of rotatable bonds is 7. The second-order valence-electron chi connectivity index (χ2n) is 7.76. The molecule has 0 radical (unpaired) electrons. The van der Waals surface area contributed by atoms with Gasteiger partial charge in [0.1, 0.15) is 23.6 Å². The van der Waals surface area contributed by atoms with Crippen molar-refractivity contribution in [2.45, 2.75) is 19.4 Å². The van der Waals surface area contributed by atoms with Gasteiger partial charge in [-0.3, -0.25) is 9.59 Å².